The van der Waals surface area contributed by atoms with Gasteiger partial charge in [0.15, 0.2) is 0 Å². The lowest BCUT2D eigenvalue weighted by atomic mass is 10.0. The fraction of sp³-hybridized carbons (Fsp3) is 0.300. The van der Waals surface area contributed by atoms with Gasteiger partial charge in [-0.15, -0.1) is 0 Å². The molecule has 6 heteroatoms. The monoisotopic (exact) mass is 356 g/mol. The molecular weight excluding hydrogens is 332 g/mol. The highest BCUT2D eigenvalue weighted by Crippen LogP contribution is 2.25. The first kappa shape index (κ1) is 19.6. The zero-order valence-corrected chi connectivity index (χ0v) is 14.8. The van der Waals surface area contributed by atoms with E-state index in [4.69, 9.17) is 9.47 Å². The Bertz CT molecular complexity index is 637. The van der Waals surface area contributed by atoms with Crippen LogP contribution in [-0.4, -0.2) is 45.2 Å². The first-order chi connectivity index (χ1) is 12.7. The van der Waals surface area contributed by atoms with Crippen LogP contribution in [-0.2, 0) is 19.1 Å². The van der Waals surface area contributed by atoms with Gasteiger partial charge < -0.3 is 20.1 Å². The van der Waals surface area contributed by atoms with E-state index in [1.165, 1.54) is 0 Å². The van der Waals surface area contributed by atoms with Gasteiger partial charge in [-0.3, -0.25) is 9.59 Å². The third kappa shape index (κ3) is 6.66. The summed E-state index contributed by atoms with van der Waals surface area (Å²) in [7, 11) is 1.56. The number of ether oxygens (including phenoxy) is 2. The minimum absolute atomic E-state index is 0.0900. The Morgan fingerprint density at radius 1 is 0.885 bits per heavy atom. The van der Waals surface area contributed by atoms with Gasteiger partial charge in [0.1, 0.15) is 12.7 Å². The van der Waals surface area contributed by atoms with Crippen molar-refractivity contribution < 1.29 is 19.1 Å². The van der Waals surface area contributed by atoms with E-state index in [1.807, 2.05) is 60.7 Å². The van der Waals surface area contributed by atoms with Gasteiger partial charge in [0, 0.05) is 13.7 Å². The Labute approximate surface area is 153 Å². The molecule has 0 bridgehead atoms. The number of carbonyl (C=O) groups is 2. The van der Waals surface area contributed by atoms with Crippen LogP contribution in [0.3, 0.4) is 0 Å². The molecule has 0 aliphatic rings. The third-order valence-corrected chi connectivity index (χ3v) is 3.66. The van der Waals surface area contributed by atoms with E-state index in [0.717, 1.165) is 11.1 Å². The van der Waals surface area contributed by atoms with Crippen molar-refractivity contribution in [2.75, 3.05) is 33.4 Å². The lowest BCUT2D eigenvalue weighted by Gasteiger charge is -2.18. The normalized spacial score (nSPS) is 10.5. The second kappa shape index (κ2) is 11.0. The largest absolute Gasteiger partial charge is 0.383 e. The molecule has 0 spiro atoms. The SMILES string of the molecule is COCCNC(=O)CNC(=O)COC(c1ccccc1)c1ccccc1. The summed E-state index contributed by atoms with van der Waals surface area (Å²) in [5, 5.41) is 5.19. The molecule has 6 nitrogen and oxygen atoms in total. The Morgan fingerprint density at radius 2 is 1.46 bits per heavy atom. The van der Waals surface area contributed by atoms with Crippen LogP contribution in [0.5, 0.6) is 0 Å². The van der Waals surface area contributed by atoms with E-state index in [9.17, 15) is 9.59 Å². The molecule has 0 aliphatic carbocycles. The smallest absolute Gasteiger partial charge is 0.246 e. The fourth-order valence-electron chi connectivity index (χ4n) is 2.38. The summed E-state index contributed by atoms with van der Waals surface area (Å²) in [6.45, 7) is 0.609. The maximum Gasteiger partial charge on any atom is 0.246 e. The molecule has 138 valence electrons. The van der Waals surface area contributed by atoms with Crippen LogP contribution in [0.1, 0.15) is 17.2 Å². The summed E-state index contributed by atoms with van der Waals surface area (Å²) in [6.07, 6.45) is -0.348. The molecule has 0 saturated heterocycles. The average Bonchev–Trinajstić information content (AvgIpc) is 2.68. The molecule has 2 rings (SSSR count). The molecule has 0 fully saturated rings. The molecule has 2 aromatic carbocycles. The second-order valence-corrected chi connectivity index (χ2v) is 5.63. The van der Waals surface area contributed by atoms with Crippen LogP contribution in [0.2, 0.25) is 0 Å². The third-order valence-electron chi connectivity index (χ3n) is 3.66. The number of methoxy groups -OCH3 is 1. The molecule has 0 radical (unpaired) electrons. The van der Waals surface area contributed by atoms with E-state index in [2.05, 4.69) is 10.6 Å². The van der Waals surface area contributed by atoms with Gasteiger partial charge in [-0.05, 0) is 11.1 Å². The van der Waals surface area contributed by atoms with Crippen molar-refractivity contribution in [3.63, 3.8) is 0 Å². The van der Waals surface area contributed by atoms with Crippen molar-refractivity contribution in [3.8, 4) is 0 Å². The summed E-state index contributed by atoms with van der Waals surface area (Å²) in [4.78, 5) is 23.6. The van der Waals surface area contributed by atoms with E-state index in [0.29, 0.717) is 13.2 Å². The number of benzene rings is 2. The molecule has 0 aliphatic heterocycles. The summed E-state index contributed by atoms with van der Waals surface area (Å²) in [5.41, 5.74) is 1.92. The molecule has 2 N–H and O–H groups in total. The molecule has 0 unspecified atom stereocenters. The van der Waals surface area contributed by atoms with Gasteiger partial charge in [0.2, 0.25) is 11.8 Å². The molecule has 0 heterocycles. The number of nitrogens with one attached hydrogen (secondary N) is 2. The van der Waals surface area contributed by atoms with Gasteiger partial charge in [0.25, 0.3) is 0 Å². The van der Waals surface area contributed by atoms with Crippen molar-refractivity contribution in [1.82, 2.24) is 10.6 Å². The zero-order chi connectivity index (χ0) is 18.6. The summed E-state index contributed by atoms with van der Waals surface area (Å²) >= 11 is 0. The van der Waals surface area contributed by atoms with Gasteiger partial charge in [0.05, 0.1) is 13.2 Å². The highest BCUT2D eigenvalue weighted by Gasteiger charge is 2.16. The number of hydrogen-bond donors (Lipinski definition) is 2. The lowest BCUT2D eigenvalue weighted by Crippen LogP contribution is -2.39. The fourth-order valence-corrected chi connectivity index (χ4v) is 2.38. The molecular formula is C20H24N2O4. The van der Waals surface area contributed by atoms with Gasteiger partial charge in [-0.2, -0.15) is 0 Å². The Hall–Kier alpha value is -2.70. The molecule has 2 amide bonds. The number of amides is 2. The van der Waals surface area contributed by atoms with Crippen LogP contribution >= 0.6 is 0 Å². The average molecular weight is 356 g/mol. The quantitative estimate of drug-likeness (QED) is 0.635. The summed E-state index contributed by atoms with van der Waals surface area (Å²) in [6, 6.07) is 19.4. The lowest BCUT2D eigenvalue weighted by molar-refractivity contribution is -0.130. The van der Waals surface area contributed by atoms with E-state index in [1.54, 1.807) is 7.11 Å². The van der Waals surface area contributed by atoms with Gasteiger partial charge >= 0.3 is 0 Å². The van der Waals surface area contributed by atoms with Crippen molar-refractivity contribution >= 4 is 11.8 Å². The van der Waals surface area contributed by atoms with Crippen molar-refractivity contribution in [1.29, 1.82) is 0 Å². The summed E-state index contributed by atoms with van der Waals surface area (Å²) < 4.78 is 10.7. The van der Waals surface area contributed by atoms with Crippen molar-refractivity contribution in [2.24, 2.45) is 0 Å². The van der Waals surface area contributed by atoms with Crippen LogP contribution in [0.4, 0.5) is 0 Å². The second-order valence-electron chi connectivity index (χ2n) is 5.63. The highest BCUT2D eigenvalue weighted by atomic mass is 16.5. The highest BCUT2D eigenvalue weighted by molar-refractivity contribution is 5.85. The minimum atomic E-state index is -0.348. The number of rotatable bonds is 10. The first-order valence-electron chi connectivity index (χ1n) is 8.44. The molecule has 26 heavy (non-hydrogen) atoms. The topological polar surface area (TPSA) is 76.7 Å². The maximum atomic E-state index is 12.0. The Kier molecular flexibility index (Phi) is 8.32. The zero-order valence-electron chi connectivity index (χ0n) is 14.8. The van der Waals surface area contributed by atoms with Crippen molar-refractivity contribution in [2.45, 2.75) is 6.10 Å². The van der Waals surface area contributed by atoms with E-state index >= 15 is 0 Å². The number of hydrogen-bond acceptors (Lipinski definition) is 4. The van der Waals surface area contributed by atoms with Crippen molar-refractivity contribution in [3.05, 3.63) is 71.8 Å². The van der Waals surface area contributed by atoms with Crippen LogP contribution in [0, 0.1) is 0 Å². The molecule has 0 saturated carbocycles. The van der Waals surface area contributed by atoms with Crippen LogP contribution in [0.25, 0.3) is 0 Å². The van der Waals surface area contributed by atoms with Crippen LogP contribution < -0.4 is 10.6 Å². The standard InChI is InChI=1S/C20H24N2O4/c1-25-13-12-21-18(23)14-22-19(24)15-26-20(16-8-4-2-5-9-16)17-10-6-3-7-11-17/h2-11,20H,12-15H2,1H3,(H,21,23)(H,22,24). The Morgan fingerprint density at radius 3 is 2.00 bits per heavy atom. The molecule has 0 atom stereocenters. The molecule has 0 aromatic heterocycles. The predicted molar refractivity (Wildman–Crippen MR) is 98.6 cm³/mol. The van der Waals surface area contributed by atoms with E-state index < -0.39 is 0 Å². The molecule has 2 aromatic rings. The number of carbonyl (C=O) groups excluding carboxylic acids is 2. The Balaban J connectivity index is 1.87. The maximum absolute atomic E-state index is 12.0. The van der Waals surface area contributed by atoms with Gasteiger partial charge in [-0.1, -0.05) is 60.7 Å². The minimum Gasteiger partial charge on any atom is -0.383 e. The van der Waals surface area contributed by atoms with Crippen LogP contribution in [0.15, 0.2) is 60.7 Å². The van der Waals surface area contributed by atoms with Gasteiger partial charge in [-0.25, -0.2) is 0 Å². The van der Waals surface area contributed by atoms with E-state index in [-0.39, 0.29) is 31.1 Å². The summed E-state index contributed by atoms with van der Waals surface area (Å²) in [5.74, 6) is -0.609. The predicted octanol–water partition coefficient (Wildman–Crippen LogP) is 1.67. The first-order valence-corrected chi connectivity index (χ1v) is 8.44.